The minimum absolute atomic E-state index is 0.0684. The van der Waals surface area contributed by atoms with Crippen LogP contribution in [0.2, 0.25) is 10.0 Å². The van der Waals surface area contributed by atoms with Gasteiger partial charge in [0.05, 0.1) is 16.5 Å². The first kappa shape index (κ1) is 26.7. The summed E-state index contributed by atoms with van der Waals surface area (Å²) in [5, 5.41) is 2.64. The van der Waals surface area contributed by atoms with E-state index in [4.69, 9.17) is 27.9 Å². The Labute approximate surface area is 227 Å². The van der Waals surface area contributed by atoms with Crippen molar-refractivity contribution in [3.63, 3.8) is 0 Å². The molecule has 1 aliphatic rings. The molecule has 0 spiro atoms. The lowest BCUT2D eigenvalue weighted by Gasteiger charge is -2.14. The summed E-state index contributed by atoms with van der Waals surface area (Å²) in [7, 11) is 0. The molecule has 1 saturated heterocycles. The van der Waals surface area contributed by atoms with Crippen molar-refractivity contribution in [1.82, 2.24) is 4.90 Å². The number of rotatable bonds is 7. The van der Waals surface area contributed by atoms with Gasteiger partial charge in [0.15, 0.2) is 6.61 Å². The number of anilines is 1. The van der Waals surface area contributed by atoms with Crippen LogP contribution in [0.3, 0.4) is 0 Å². The summed E-state index contributed by atoms with van der Waals surface area (Å²) in [6.07, 6.45) is 1.51. The minimum Gasteiger partial charge on any atom is -0.482 e. The third-order valence-electron chi connectivity index (χ3n) is 5.53. The fourth-order valence-corrected chi connectivity index (χ4v) is 4.86. The number of thioether (sulfide) groups is 1. The van der Waals surface area contributed by atoms with Crippen LogP contribution in [0.5, 0.6) is 5.75 Å². The number of nitrogens with one attached hydrogen (secondary N) is 1. The molecule has 3 aromatic rings. The molecule has 0 atom stereocenters. The van der Waals surface area contributed by atoms with E-state index in [1.807, 2.05) is 32.0 Å². The molecule has 0 saturated carbocycles. The lowest BCUT2D eigenvalue weighted by atomic mass is 10.1. The number of aryl methyl sites for hydroxylation is 2. The first-order valence-corrected chi connectivity index (χ1v) is 12.7. The van der Waals surface area contributed by atoms with E-state index >= 15 is 0 Å². The summed E-state index contributed by atoms with van der Waals surface area (Å²) >= 11 is 13.1. The number of hydrogen-bond acceptors (Lipinski definition) is 5. The van der Waals surface area contributed by atoms with Crippen molar-refractivity contribution in [2.75, 3.05) is 11.9 Å². The van der Waals surface area contributed by atoms with Gasteiger partial charge in [-0.1, -0.05) is 47.5 Å². The van der Waals surface area contributed by atoms with Crippen LogP contribution in [0, 0.1) is 19.7 Å². The van der Waals surface area contributed by atoms with Gasteiger partial charge in [-0.15, -0.1) is 0 Å². The maximum atomic E-state index is 14.1. The number of carbonyl (C=O) groups is 3. The molecule has 6 nitrogen and oxygen atoms in total. The van der Waals surface area contributed by atoms with Gasteiger partial charge in [0.1, 0.15) is 11.6 Å². The Morgan fingerprint density at radius 2 is 1.86 bits per heavy atom. The van der Waals surface area contributed by atoms with Gasteiger partial charge >= 0.3 is 0 Å². The molecule has 4 rings (SSSR count). The lowest BCUT2D eigenvalue weighted by Crippen LogP contribution is -2.28. The molecule has 1 fully saturated rings. The molecule has 0 aliphatic carbocycles. The summed E-state index contributed by atoms with van der Waals surface area (Å²) < 4.78 is 19.7. The molecular weight excluding hydrogens is 538 g/mol. The predicted molar refractivity (Wildman–Crippen MR) is 144 cm³/mol. The first-order chi connectivity index (χ1) is 17.6. The van der Waals surface area contributed by atoms with E-state index in [-0.39, 0.29) is 45.3 Å². The summed E-state index contributed by atoms with van der Waals surface area (Å²) in [5.74, 6) is -1.20. The number of hydrogen-bond donors (Lipinski definition) is 1. The molecule has 0 radical (unpaired) electrons. The monoisotopic (exact) mass is 558 g/mol. The highest BCUT2D eigenvalue weighted by Crippen LogP contribution is 2.35. The number of imide groups is 1. The summed E-state index contributed by atoms with van der Waals surface area (Å²) in [5.41, 5.74) is 3.28. The Balaban J connectivity index is 1.41. The topological polar surface area (TPSA) is 75.7 Å². The van der Waals surface area contributed by atoms with Crippen molar-refractivity contribution in [3.8, 4) is 5.75 Å². The van der Waals surface area contributed by atoms with E-state index < -0.39 is 17.0 Å². The molecule has 1 heterocycles. The molecule has 1 aliphatic heterocycles. The highest BCUT2D eigenvalue weighted by Gasteiger charge is 2.36. The van der Waals surface area contributed by atoms with Gasteiger partial charge in [0.2, 0.25) is 0 Å². The standard InChI is InChI=1S/C27H21Cl2FN2O4S/c1-15-6-7-16(2)22(10-15)31-25(33)14-36-23-9-8-17(11-20(23)29)12-24-26(34)32(27(35)37-24)13-18-19(28)4-3-5-21(18)30/h3-12H,13-14H2,1-2H3,(H,31,33)/b24-12-. The van der Waals surface area contributed by atoms with Crippen molar-refractivity contribution in [3.05, 3.63) is 97.6 Å². The smallest absolute Gasteiger partial charge is 0.293 e. The van der Waals surface area contributed by atoms with Crippen molar-refractivity contribution >= 4 is 63.8 Å². The molecule has 190 valence electrons. The fourth-order valence-electron chi connectivity index (χ4n) is 3.55. The van der Waals surface area contributed by atoms with Gasteiger partial charge in [0, 0.05) is 16.3 Å². The Bertz CT molecular complexity index is 1420. The van der Waals surface area contributed by atoms with Crippen LogP contribution in [0.15, 0.2) is 59.5 Å². The predicted octanol–water partition coefficient (Wildman–Crippen LogP) is 7.00. The zero-order valence-corrected chi connectivity index (χ0v) is 22.1. The van der Waals surface area contributed by atoms with E-state index in [1.54, 1.807) is 18.2 Å². The fraction of sp³-hybridized carbons (Fsp3) is 0.148. The number of carbonyl (C=O) groups excluding carboxylic acids is 3. The molecule has 3 amide bonds. The highest BCUT2D eigenvalue weighted by atomic mass is 35.5. The molecule has 1 N–H and O–H groups in total. The number of halogens is 3. The zero-order chi connectivity index (χ0) is 26.7. The molecule has 10 heteroatoms. The third-order valence-corrected chi connectivity index (χ3v) is 7.09. The number of amides is 3. The van der Waals surface area contributed by atoms with E-state index in [0.29, 0.717) is 11.3 Å². The van der Waals surface area contributed by atoms with Gasteiger partial charge in [0.25, 0.3) is 17.1 Å². The van der Waals surface area contributed by atoms with Crippen molar-refractivity contribution in [2.24, 2.45) is 0 Å². The first-order valence-electron chi connectivity index (χ1n) is 11.1. The van der Waals surface area contributed by atoms with Gasteiger partial charge in [-0.3, -0.25) is 19.3 Å². The largest absolute Gasteiger partial charge is 0.482 e. The van der Waals surface area contributed by atoms with Gasteiger partial charge in [-0.05, 0) is 78.7 Å². The van der Waals surface area contributed by atoms with Gasteiger partial charge in [-0.2, -0.15) is 0 Å². The second kappa shape index (κ2) is 11.4. The van der Waals surface area contributed by atoms with Crippen LogP contribution < -0.4 is 10.1 Å². The van der Waals surface area contributed by atoms with E-state index in [9.17, 15) is 18.8 Å². The number of nitrogens with zero attached hydrogens (tertiary/aromatic N) is 1. The third kappa shape index (κ3) is 6.33. The van der Waals surface area contributed by atoms with Crippen LogP contribution in [0.4, 0.5) is 14.9 Å². The van der Waals surface area contributed by atoms with Crippen LogP contribution in [-0.2, 0) is 16.1 Å². The second-order valence-electron chi connectivity index (χ2n) is 8.31. The number of ether oxygens (including phenoxy) is 1. The van der Waals surface area contributed by atoms with Crippen molar-refractivity contribution < 1.29 is 23.5 Å². The Morgan fingerprint density at radius 1 is 1.08 bits per heavy atom. The van der Waals surface area contributed by atoms with Crippen LogP contribution >= 0.6 is 35.0 Å². The Kier molecular flexibility index (Phi) is 8.22. The maximum Gasteiger partial charge on any atom is 0.293 e. The summed E-state index contributed by atoms with van der Waals surface area (Å²) in [4.78, 5) is 38.7. The van der Waals surface area contributed by atoms with Crippen LogP contribution in [0.1, 0.15) is 22.3 Å². The minimum atomic E-state index is -0.597. The van der Waals surface area contributed by atoms with Gasteiger partial charge in [-0.25, -0.2) is 4.39 Å². The zero-order valence-electron chi connectivity index (χ0n) is 19.8. The van der Waals surface area contributed by atoms with Crippen molar-refractivity contribution in [2.45, 2.75) is 20.4 Å². The van der Waals surface area contributed by atoms with Crippen LogP contribution in [-0.4, -0.2) is 28.6 Å². The van der Waals surface area contributed by atoms with Gasteiger partial charge < -0.3 is 10.1 Å². The normalized spacial score (nSPS) is 14.4. The summed E-state index contributed by atoms with van der Waals surface area (Å²) in [6.45, 7) is 3.32. The summed E-state index contributed by atoms with van der Waals surface area (Å²) in [6, 6.07) is 14.7. The SMILES string of the molecule is Cc1ccc(C)c(NC(=O)COc2ccc(/C=C3\SC(=O)N(Cc4c(F)cccc4Cl)C3=O)cc2Cl)c1. The molecule has 3 aromatic carbocycles. The average molecular weight is 559 g/mol. The van der Waals surface area contributed by atoms with Crippen molar-refractivity contribution in [1.29, 1.82) is 0 Å². The maximum absolute atomic E-state index is 14.1. The molecule has 0 bridgehead atoms. The molecule has 0 unspecified atom stereocenters. The molecule has 37 heavy (non-hydrogen) atoms. The second-order valence-corrected chi connectivity index (χ2v) is 10.1. The average Bonchev–Trinajstić information content (AvgIpc) is 3.10. The molecular formula is C27H21Cl2FN2O4S. The van der Waals surface area contributed by atoms with E-state index in [0.717, 1.165) is 27.8 Å². The Morgan fingerprint density at radius 3 is 2.59 bits per heavy atom. The highest BCUT2D eigenvalue weighted by molar-refractivity contribution is 8.18. The van der Waals surface area contributed by atoms with Crippen LogP contribution in [0.25, 0.3) is 6.08 Å². The Hall–Kier alpha value is -3.33. The van der Waals surface area contributed by atoms with E-state index in [1.165, 1.54) is 24.3 Å². The van der Waals surface area contributed by atoms with E-state index in [2.05, 4.69) is 5.32 Å². The molecule has 0 aromatic heterocycles. The quantitative estimate of drug-likeness (QED) is 0.316. The lowest BCUT2D eigenvalue weighted by molar-refractivity contribution is -0.123. The number of benzene rings is 3.